The van der Waals surface area contributed by atoms with Gasteiger partial charge in [-0.1, -0.05) is 158 Å². The number of aromatic nitrogens is 3. The molecule has 0 unspecified atom stereocenters. The van der Waals surface area contributed by atoms with E-state index in [-0.39, 0.29) is 0 Å². The highest BCUT2D eigenvalue weighted by Gasteiger charge is 2.19. The Bertz CT molecular complexity index is 3210. The largest absolute Gasteiger partial charge is 0.309 e. The summed E-state index contributed by atoms with van der Waals surface area (Å²) < 4.78 is 4.82. The van der Waals surface area contributed by atoms with Crippen LogP contribution in [-0.2, 0) is 0 Å². The number of pyridine rings is 1. The molecule has 0 radical (unpaired) electrons. The first-order valence-electron chi connectivity index (χ1n) is 20.5. The normalized spacial score (nSPS) is 11.7. The van der Waals surface area contributed by atoms with E-state index in [0.29, 0.717) is 0 Å². The second kappa shape index (κ2) is 13.8. The predicted molar refractivity (Wildman–Crippen MR) is 252 cm³/mol. The van der Waals surface area contributed by atoms with Crippen LogP contribution in [0.1, 0.15) is 0 Å². The van der Waals surface area contributed by atoms with Crippen molar-refractivity contribution in [3.05, 3.63) is 224 Å². The van der Waals surface area contributed by atoms with Crippen LogP contribution >= 0.6 is 0 Å². The van der Waals surface area contributed by atoms with Crippen LogP contribution in [0.2, 0.25) is 0 Å². The molecule has 3 aromatic heterocycles. The second-order valence-electron chi connectivity index (χ2n) is 15.6. The number of para-hydroxylation sites is 2. The van der Waals surface area contributed by atoms with Crippen molar-refractivity contribution in [3.8, 4) is 56.1 Å². The van der Waals surface area contributed by atoms with Gasteiger partial charge in [-0.2, -0.15) is 0 Å². The molecule has 0 fully saturated rings. The van der Waals surface area contributed by atoms with Crippen molar-refractivity contribution < 1.29 is 0 Å². The number of rotatable bonds is 6. The molecule has 0 aliphatic rings. The molecule has 0 atom stereocenters. The maximum atomic E-state index is 5.40. The van der Waals surface area contributed by atoms with Gasteiger partial charge in [0.2, 0.25) is 0 Å². The molecule has 0 N–H and O–H groups in total. The molecule has 60 heavy (non-hydrogen) atoms. The molecule has 12 rings (SSSR count). The summed E-state index contributed by atoms with van der Waals surface area (Å²) in [6, 6.07) is 81.1. The average molecular weight is 764 g/mol. The van der Waals surface area contributed by atoms with Crippen molar-refractivity contribution in [2.45, 2.75) is 0 Å². The Hall–Kier alpha value is -8.01. The molecule has 0 spiro atoms. The molecule has 3 heterocycles. The molecular formula is C57H37N3. The SMILES string of the molecule is c1ccc(-c2cc(-c3ccccc3)cc(-n3c4ccccc4c4cc5cc6c(cc5cc43)c3ccccc3n6-c3cc(-c4ccccc4)cc(-c4ccccc4)n3)c2)cc1. The highest BCUT2D eigenvalue weighted by Crippen LogP contribution is 2.41. The summed E-state index contributed by atoms with van der Waals surface area (Å²) in [6.07, 6.45) is 0. The lowest BCUT2D eigenvalue weighted by atomic mass is 9.98. The lowest BCUT2D eigenvalue weighted by Gasteiger charge is -2.14. The number of benzene rings is 9. The maximum absolute atomic E-state index is 5.40. The Morgan fingerprint density at radius 1 is 0.267 bits per heavy atom. The van der Waals surface area contributed by atoms with Gasteiger partial charge in [0.15, 0.2) is 0 Å². The molecule has 0 aliphatic heterocycles. The zero-order valence-corrected chi connectivity index (χ0v) is 32.7. The van der Waals surface area contributed by atoms with E-state index < -0.39 is 0 Å². The van der Waals surface area contributed by atoms with Gasteiger partial charge >= 0.3 is 0 Å². The standard InChI is InChI=1S/C57H37N3/c1-5-17-38(18-6-1)42-29-43(39-19-7-2-8-20-39)31-47(30-42)59-53-27-15-13-25-48(53)50-32-45-36-56-51(33-44(45)35-55(50)59)49-26-14-16-28-54(49)60(56)57-37-46(40-21-9-3-10-22-40)34-52(58-57)41-23-11-4-12-24-41/h1-37H. The average Bonchev–Trinajstić information content (AvgIpc) is 3.82. The van der Waals surface area contributed by atoms with Crippen molar-refractivity contribution in [2.75, 3.05) is 0 Å². The van der Waals surface area contributed by atoms with Gasteiger partial charge < -0.3 is 4.57 Å². The highest BCUT2D eigenvalue weighted by molar-refractivity contribution is 6.18. The zero-order chi connectivity index (χ0) is 39.6. The van der Waals surface area contributed by atoms with Gasteiger partial charge in [0, 0.05) is 32.8 Å². The predicted octanol–water partition coefficient (Wildman–Crippen LogP) is 15.1. The minimum Gasteiger partial charge on any atom is -0.309 e. The van der Waals surface area contributed by atoms with Crippen LogP contribution < -0.4 is 0 Å². The van der Waals surface area contributed by atoms with E-state index in [2.05, 4.69) is 234 Å². The van der Waals surface area contributed by atoms with Crippen LogP contribution in [0.4, 0.5) is 0 Å². The third-order valence-electron chi connectivity index (χ3n) is 12.0. The molecular weight excluding hydrogens is 727 g/mol. The van der Waals surface area contributed by atoms with E-state index in [9.17, 15) is 0 Å². The van der Waals surface area contributed by atoms with Gasteiger partial charge in [0.1, 0.15) is 5.82 Å². The summed E-state index contributed by atoms with van der Waals surface area (Å²) in [7, 11) is 0. The fourth-order valence-electron chi connectivity index (χ4n) is 9.22. The van der Waals surface area contributed by atoms with Gasteiger partial charge in [-0.15, -0.1) is 0 Å². The van der Waals surface area contributed by atoms with E-state index in [0.717, 1.165) is 44.9 Å². The fourth-order valence-corrected chi connectivity index (χ4v) is 9.22. The Morgan fingerprint density at radius 2 is 0.683 bits per heavy atom. The Kier molecular flexibility index (Phi) is 7.85. The molecule has 3 heteroatoms. The van der Waals surface area contributed by atoms with E-state index in [1.807, 2.05) is 0 Å². The third-order valence-corrected chi connectivity index (χ3v) is 12.0. The van der Waals surface area contributed by atoms with Gasteiger partial charge in [-0.25, -0.2) is 4.98 Å². The molecule has 0 saturated carbocycles. The Balaban J connectivity index is 1.12. The molecule has 280 valence electrons. The summed E-state index contributed by atoms with van der Waals surface area (Å²) in [5.74, 6) is 0.894. The molecule has 0 amide bonds. The first-order valence-corrected chi connectivity index (χ1v) is 20.5. The van der Waals surface area contributed by atoms with Gasteiger partial charge in [-0.05, 0) is 111 Å². The van der Waals surface area contributed by atoms with Gasteiger partial charge in [0.05, 0.1) is 27.8 Å². The van der Waals surface area contributed by atoms with Crippen molar-refractivity contribution in [3.63, 3.8) is 0 Å². The minimum absolute atomic E-state index is 0.894. The van der Waals surface area contributed by atoms with Crippen LogP contribution in [0.3, 0.4) is 0 Å². The van der Waals surface area contributed by atoms with E-state index in [1.165, 1.54) is 65.6 Å². The molecule has 9 aromatic carbocycles. The summed E-state index contributed by atoms with van der Waals surface area (Å²) in [5, 5.41) is 7.23. The smallest absolute Gasteiger partial charge is 0.138 e. The summed E-state index contributed by atoms with van der Waals surface area (Å²) >= 11 is 0. The Labute approximate surface area is 347 Å². The molecule has 0 aliphatic carbocycles. The first kappa shape index (κ1) is 34.1. The number of hydrogen-bond donors (Lipinski definition) is 0. The van der Waals surface area contributed by atoms with Crippen molar-refractivity contribution in [2.24, 2.45) is 0 Å². The minimum atomic E-state index is 0.894. The van der Waals surface area contributed by atoms with Crippen LogP contribution in [0.5, 0.6) is 0 Å². The van der Waals surface area contributed by atoms with Gasteiger partial charge in [0.25, 0.3) is 0 Å². The highest BCUT2D eigenvalue weighted by atomic mass is 15.1. The quantitative estimate of drug-likeness (QED) is 0.165. The van der Waals surface area contributed by atoms with E-state index in [4.69, 9.17) is 4.98 Å². The Morgan fingerprint density at radius 3 is 1.20 bits per heavy atom. The zero-order valence-electron chi connectivity index (χ0n) is 32.7. The number of nitrogens with zero attached hydrogens (tertiary/aromatic N) is 3. The number of fused-ring (bicyclic) bond motifs is 7. The molecule has 12 aromatic rings. The van der Waals surface area contributed by atoms with Crippen LogP contribution in [0.15, 0.2) is 224 Å². The lowest BCUT2D eigenvalue weighted by Crippen LogP contribution is -2.00. The van der Waals surface area contributed by atoms with E-state index >= 15 is 0 Å². The molecule has 0 saturated heterocycles. The summed E-state index contributed by atoms with van der Waals surface area (Å²) in [4.78, 5) is 5.40. The number of hydrogen-bond acceptors (Lipinski definition) is 1. The van der Waals surface area contributed by atoms with Crippen molar-refractivity contribution in [1.82, 2.24) is 14.1 Å². The van der Waals surface area contributed by atoms with Crippen LogP contribution in [0, 0.1) is 0 Å². The topological polar surface area (TPSA) is 22.8 Å². The molecule has 0 bridgehead atoms. The van der Waals surface area contributed by atoms with Crippen LogP contribution in [0.25, 0.3) is 111 Å². The summed E-state index contributed by atoms with van der Waals surface area (Å²) in [6.45, 7) is 0. The lowest BCUT2D eigenvalue weighted by molar-refractivity contribution is 1.09. The maximum Gasteiger partial charge on any atom is 0.138 e. The third kappa shape index (κ3) is 5.63. The monoisotopic (exact) mass is 763 g/mol. The fraction of sp³-hybridized carbons (Fsp3) is 0. The second-order valence-corrected chi connectivity index (χ2v) is 15.6. The van der Waals surface area contributed by atoms with Crippen LogP contribution in [-0.4, -0.2) is 14.1 Å². The first-order chi connectivity index (χ1) is 29.7. The van der Waals surface area contributed by atoms with Crippen molar-refractivity contribution in [1.29, 1.82) is 0 Å². The summed E-state index contributed by atoms with van der Waals surface area (Å²) in [5.41, 5.74) is 14.9. The van der Waals surface area contributed by atoms with Gasteiger partial charge in [-0.3, -0.25) is 4.57 Å². The molecule has 3 nitrogen and oxygen atoms in total. The van der Waals surface area contributed by atoms with E-state index in [1.54, 1.807) is 0 Å². The van der Waals surface area contributed by atoms with Crippen molar-refractivity contribution >= 4 is 54.4 Å².